The first kappa shape index (κ1) is 22.7. The Morgan fingerprint density at radius 1 is 1.09 bits per heavy atom. The number of aromatic nitrogens is 1. The number of benzene rings is 2. The van der Waals surface area contributed by atoms with E-state index in [0.717, 1.165) is 53.4 Å². The number of nitrogens with zero attached hydrogens (tertiary/aromatic N) is 2. The highest BCUT2D eigenvalue weighted by Gasteiger charge is 2.48. The molecule has 5 nitrogen and oxygen atoms in total. The van der Waals surface area contributed by atoms with Gasteiger partial charge in [-0.1, -0.05) is 81.1 Å². The molecule has 0 aliphatic carbocycles. The number of amides is 2. The predicted molar refractivity (Wildman–Crippen MR) is 136 cm³/mol. The third-order valence-electron chi connectivity index (χ3n) is 7.72. The fourth-order valence-electron chi connectivity index (χ4n) is 5.89. The molecule has 2 amide bonds. The average Bonchev–Trinajstić information content (AvgIpc) is 3.21. The molecule has 0 radical (unpaired) electrons. The summed E-state index contributed by atoms with van der Waals surface area (Å²) in [5.41, 5.74) is 5.49. The van der Waals surface area contributed by atoms with Gasteiger partial charge < -0.3 is 14.8 Å². The zero-order valence-corrected chi connectivity index (χ0v) is 20.5. The first-order valence-corrected chi connectivity index (χ1v) is 12.8. The number of H-pyrrole nitrogens is 1. The van der Waals surface area contributed by atoms with Gasteiger partial charge in [-0.2, -0.15) is 0 Å². The Hall–Kier alpha value is -3.08. The molecule has 3 aromatic rings. The van der Waals surface area contributed by atoms with Crippen molar-refractivity contribution >= 4 is 22.7 Å². The van der Waals surface area contributed by atoms with Crippen LogP contribution in [0, 0.1) is 12.8 Å². The summed E-state index contributed by atoms with van der Waals surface area (Å²) in [5, 5.41) is 1.15. The van der Waals surface area contributed by atoms with E-state index in [2.05, 4.69) is 56.1 Å². The Morgan fingerprint density at radius 3 is 2.68 bits per heavy atom. The summed E-state index contributed by atoms with van der Waals surface area (Å²) >= 11 is 0. The van der Waals surface area contributed by atoms with E-state index in [0.29, 0.717) is 18.9 Å². The van der Waals surface area contributed by atoms with Crippen LogP contribution in [0.5, 0.6) is 0 Å². The minimum atomic E-state index is -0.456. The molecule has 3 unspecified atom stereocenters. The molecule has 1 N–H and O–H groups in total. The number of hydrogen-bond donors (Lipinski definition) is 1. The number of para-hydroxylation sites is 1. The third kappa shape index (κ3) is 3.91. The molecule has 2 aromatic carbocycles. The number of carbonyl (C=O) groups excluding carboxylic acids is 2. The number of carbonyl (C=O) groups is 2. The molecule has 178 valence electrons. The molecule has 2 aliphatic heterocycles. The van der Waals surface area contributed by atoms with Crippen LogP contribution < -0.4 is 0 Å². The van der Waals surface area contributed by atoms with E-state index < -0.39 is 6.04 Å². The summed E-state index contributed by atoms with van der Waals surface area (Å²) in [4.78, 5) is 34.9. The van der Waals surface area contributed by atoms with Gasteiger partial charge >= 0.3 is 0 Å². The van der Waals surface area contributed by atoms with Crippen molar-refractivity contribution in [3.63, 3.8) is 0 Å². The van der Waals surface area contributed by atoms with Crippen LogP contribution in [-0.4, -0.2) is 45.7 Å². The van der Waals surface area contributed by atoms with Crippen molar-refractivity contribution in [3.05, 3.63) is 70.9 Å². The van der Waals surface area contributed by atoms with Crippen LogP contribution in [0.1, 0.15) is 68.0 Å². The van der Waals surface area contributed by atoms with Crippen LogP contribution in [0.25, 0.3) is 10.9 Å². The highest BCUT2D eigenvalue weighted by atomic mass is 16.2. The molecule has 5 heteroatoms. The van der Waals surface area contributed by atoms with Gasteiger partial charge in [0.15, 0.2) is 0 Å². The van der Waals surface area contributed by atoms with Gasteiger partial charge in [-0.15, -0.1) is 0 Å². The summed E-state index contributed by atoms with van der Waals surface area (Å²) in [6, 6.07) is 15.9. The van der Waals surface area contributed by atoms with Crippen molar-refractivity contribution in [2.45, 2.75) is 65.0 Å². The predicted octanol–water partition coefficient (Wildman–Crippen LogP) is 5.38. The zero-order chi connectivity index (χ0) is 23.8. The lowest BCUT2D eigenvalue weighted by molar-refractivity contribution is -0.159. The minimum Gasteiger partial charge on any atom is -0.356 e. The van der Waals surface area contributed by atoms with Crippen molar-refractivity contribution < 1.29 is 9.59 Å². The monoisotopic (exact) mass is 457 g/mol. The topological polar surface area (TPSA) is 56.4 Å². The van der Waals surface area contributed by atoms with Gasteiger partial charge in [-0.3, -0.25) is 9.59 Å². The van der Waals surface area contributed by atoms with E-state index in [9.17, 15) is 9.59 Å². The van der Waals surface area contributed by atoms with Gasteiger partial charge in [0.2, 0.25) is 11.8 Å². The second-order valence-electron chi connectivity index (χ2n) is 10.0. The average molecular weight is 458 g/mol. The fraction of sp³-hybridized carbons (Fsp3) is 0.448. The van der Waals surface area contributed by atoms with Gasteiger partial charge in [-0.05, 0) is 36.5 Å². The number of nitrogens with one attached hydrogen (secondary N) is 1. The number of hydrogen-bond acceptors (Lipinski definition) is 2. The Kier molecular flexibility index (Phi) is 6.20. The van der Waals surface area contributed by atoms with E-state index in [-0.39, 0.29) is 24.4 Å². The van der Waals surface area contributed by atoms with Gasteiger partial charge in [0.25, 0.3) is 0 Å². The minimum absolute atomic E-state index is 0.0470. The third-order valence-corrected chi connectivity index (χ3v) is 7.72. The van der Waals surface area contributed by atoms with Gasteiger partial charge in [0.05, 0.1) is 12.6 Å². The van der Waals surface area contributed by atoms with Crippen LogP contribution in [0.15, 0.2) is 48.5 Å². The molecule has 3 atom stereocenters. The molecule has 34 heavy (non-hydrogen) atoms. The maximum absolute atomic E-state index is 13.9. The van der Waals surface area contributed by atoms with E-state index in [1.807, 2.05) is 28.0 Å². The molecule has 0 saturated carbocycles. The van der Waals surface area contributed by atoms with Crippen molar-refractivity contribution in [2.24, 2.45) is 5.92 Å². The van der Waals surface area contributed by atoms with Crippen molar-refractivity contribution in [1.82, 2.24) is 14.8 Å². The maximum atomic E-state index is 13.9. The largest absolute Gasteiger partial charge is 0.356 e. The highest BCUT2D eigenvalue weighted by molar-refractivity contribution is 5.97. The standard InChI is InChI=1S/C29H35N3O2/c1-4-6-11-20(5-2)17-31-18-26(33)32-25(29(31)34)16-23-22-13-7-8-14-24(22)30-27(23)28(32)21-12-9-10-19(3)15-21/h7-10,12-15,20,25,28,30H,4-6,11,16-18H2,1-3H3. The Morgan fingerprint density at radius 2 is 1.91 bits per heavy atom. The SMILES string of the molecule is CCCCC(CC)CN1CC(=O)N2C(Cc3c([nH]c4ccccc34)C2c2cccc(C)c2)C1=O. The lowest BCUT2D eigenvalue weighted by Gasteiger charge is -2.47. The van der Waals surface area contributed by atoms with Crippen LogP contribution in [0.2, 0.25) is 0 Å². The van der Waals surface area contributed by atoms with Crippen molar-refractivity contribution in [2.75, 3.05) is 13.1 Å². The molecule has 3 heterocycles. The first-order valence-electron chi connectivity index (χ1n) is 12.8. The Labute approximate surface area is 202 Å². The van der Waals surface area contributed by atoms with Gasteiger partial charge in [-0.25, -0.2) is 0 Å². The molecule has 1 fully saturated rings. The summed E-state index contributed by atoms with van der Waals surface area (Å²) in [6.07, 6.45) is 5.02. The fourth-order valence-corrected chi connectivity index (χ4v) is 5.89. The number of aryl methyl sites for hydroxylation is 1. The Balaban J connectivity index is 1.56. The molecular weight excluding hydrogens is 422 g/mol. The molecule has 1 saturated heterocycles. The van der Waals surface area contributed by atoms with E-state index in [4.69, 9.17) is 0 Å². The van der Waals surface area contributed by atoms with Crippen molar-refractivity contribution in [1.29, 1.82) is 0 Å². The second-order valence-corrected chi connectivity index (χ2v) is 10.0. The van der Waals surface area contributed by atoms with Crippen molar-refractivity contribution in [3.8, 4) is 0 Å². The molecule has 5 rings (SSSR count). The number of piperazine rings is 1. The highest BCUT2D eigenvalue weighted by Crippen LogP contribution is 2.42. The summed E-state index contributed by atoms with van der Waals surface area (Å²) in [6.45, 7) is 7.32. The summed E-state index contributed by atoms with van der Waals surface area (Å²) in [5.74, 6) is 0.594. The van der Waals surface area contributed by atoms with E-state index in [1.165, 1.54) is 5.56 Å². The number of fused-ring (bicyclic) bond motifs is 4. The molecule has 0 bridgehead atoms. The first-order chi connectivity index (χ1) is 16.5. The lowest BCUT2D eigenvalue weighted by atomic mass is 9.85. The normalized spacial score (nSPS) is 21.0. The zero-order valence-electron chi connectivity index (χ0n) is 20.5. The quantitative estimate of drug-likeness (QED) is 0.518. The second kappa shape index (κ2) is 9.28. The smallest absolute Gasteiger partial charge is 0.246 e. The van der Waals surface area contributed by atoms with Crippen LogP contribution in [0.4, 0.5) is 0 Å². The Bertz CT molecular complexity index is 1210. The number of aromatic amines is 1. The molecule has 0 spiro atoms. The number of unbranched alkanes of at least 4 members (excludes halogenated alkanes) is 1. The lowest BCUT2D eigenvalue weighted by Crippen LogP contribution is -2.63. The summed E-state index contributed by atoms with van der Waals surface area (Å²) < 4.78 is 0. The van der Waals surface area contributed by atoms with Crippen LogP contribution >= 0.6 is 0 Å². The van der Waals surface area contributed by atoms with E-state index in [1.54, 1.807) is 0 Å². The van der Waals surface area contributed by atoms with Crippen LogP contribution in [0.3, 0.4) is 0 Å². The summed E-state index contributed by atoms with van der Waals surface area (Å²) in [7, 11) is 0. The number of rotatable bonds is 7. The van der Waals surface area contributed by atoms with Gasteiger partial charge in [0, 0.05) is 29.6 Å². The maximum Gasteiger partial charge on any atom is 0.246 e. The van der Waals surface area contributed by atoms with Gasteiger partial charge in [0.1, 0.15) is 6.04 Å². The van der Waals surface area contributed by atoms with E-state index >= 15 is 0 Å². The molecule has 1 aromatic heterocycles. The molecular formula is C29H35N3O2. The molecule has 2 aliphatic rings. The van der Waals surface area contributed by atoms with Crippen LogP contribution in [-0.2, 0) is 16.0 Å².